The molecule has 0 aromatic carbocycles. The van der Waals surface area contributed by atoms with Crippen molar-refractivity contribution >= 4 is 23.5 Å². The SMILES string of the molecule is CO[C@H]1CN(C2CSCCSC2)C[C@H]1Cc1cc(C)no1. The topological polar surface area (TPSA) is 38.5 Å². The lowest BCUT2D eigenvalue weighted by atomic mass is 10.0. The van der Waals surface area contributed by atoms with E-state index in [0.717, 1.165) is 31.0 Å². The first-order valence-corrected chi connectivity index (χ1v) is 9.91. The molecule has 2 aliphatic rings. The van der Waals surface area contributed by atoms with E-state index in [4.69, 9.17) is 9.26 Å². The van der Waals surface area contributed by atoms with Crippen molar-refractivity contribution < 1.29 is 9.26 Å². The summed E-state index contributed by atoms with van der Waals surface area (Å²) in [5.74, 6) is 6.62. The Kier molecular flexibility index (Phi) is 5.54. The average Bonchev–Trinajstić information content (AvgIpc) is 2.96. The third-order valence-electron chi connectivity index (χ3n) is 4.36. The predicted molar refractivity (Wildman–Crippen MR) is 89.2 cm³/mol. The van der Waals surface area contributed by atoms with Crippen molar-refractivity contribution in [1.29, 1.82) is 0 Å². The van der Waals surface area contributed by atoms with Crippen LogP contribution in [0.25, 0.3) is 0 Å². The summed E-state index contributed by atoms with van der Waals surface area (Å²) in [6.45, 7) is 4.14. The van der Waals surface area contributed by atoms with E-state index in [0.29, 0.717) is 18.1 Å². The molecule has 21 heavy (non-hydrogen) atoms. The van der Waals surface area contributed by atoms with Gasteiger partial charge in [-0.2, -0.15) is 23.5 Å². The fourth-order valence-electron chi connectivity index (χ4n) is 3.22. The molecule has 2 atom stereocenters. The molecule has 2 fully saturated rings. The number of methoxy groups -OCH3 is 1. The van der Waals surface area contributed by atoms with Crippen molar-refractivity contribution in [3.05, 3.63) is 17.5 Å². The number of nitrogens with zero attached hydrogens (tertiary/aromatic N) is 2. The van der Waals surface area contributed by atoms with Crippen molar-refractivity contribution in [3.63, 3.8) is 0 Å². The molecule has 0 saturated carbocycles. The molecule has 0 N–H and O–H groups in total. The third kappa shape index (κ3) is 3.97. The van der Waals surface area contributed by atoms with Crippen LogP contribution in [0.5, 0.6) is 0 Å². The fourth-order valence-corrected chi connectivity index (χ4v) is 5.85. The quantitative estimate of drug-likeness (QED) is 0.844. The normalized spacial score (nSPS) is 28.9. The highest BCUT2D eigenvalue weighted by Crippen LogP contribution is 2.29. The molecule has 3 heterocycles. The Balaban J connectivity index is 1.61. The Morgan fingerprint density at radius 3 is 2.71 bits per heavy atom. The maximum Gasteiger partial charge on any atom is 0.137 e. The second kappa shape index (κ2) is 7.40. The van der Waals surface area contributed by atoms with Crippen LogP contribution in [0.2, 0.25) is 0 Å². The highest BCUT2D eigenvalue weighted by Gasteiger charge is 2.37. The number of aromatic nitrogens is 1. The second-order valence-corrected chi connectivity index (χ2v) is 8.23. The van der Waals surface area contributed by atoms with Crippen molar-refractivity contribution in [2.24, 2.45) is 5.92 Å². The maximum atomic E-state index is 5.74. The van der Waals surface area contributed by atoms with E-state index >= 15 is 0 Å². The monoisotopic (exact) mass is 328 g/mol. The van der Waals surface area contributed by atoms with E-state index in [-0.39, 0.29) is 0 Å². The van der Waals surface area contributed by atoms with Crippen LogP contribution >= 0.6 is 23.5 Å². The van der Waals surface area contributed by atoms with E-state index in [1.54, 1.807) is 0 Å². The lowest BCUT2D eigenvalue weighted by molar-refractivity contribution is 0.0752. The number of hydrogen-bond acceptors (Lipinski definition) is 6. The van der Waals surface area contributed by atoms with Gasteiger partial charge in [-0.1, -0.05) is 5.16 Å². The molecule has 3 rings (SSSR count). The van der Waals surface area contributed by atoms with E-state index in [2.05, 4.69) is 33.6 Å². The molecule has 2 saturated heterocycles. The van der Waals surface area contributed by atoms with E-state index in [1.807, 2.05) is 20.1 Å². The van der Waals surface area contributed by atoms with Gasteiger partial charge in [0.2, 0.25) is 0 Å². The van der Waals surface area contributed by atoms with Gasteiger partial charge in [0.25, 0.3) is 0 Å². The first-order valence-electron chi connectivity index (χ1n) is 7.61. The number of rotatable bonds is 4. The summed E-state index contributed by atoms with van der Waals surface area (Å²) in [5, 5.41) is 3.99. The maximum absolute atomic E-state index is 5.74. The van der Waals surface area contributed by atoms with Crippen LogP contribution in [-0.4, -0.2) is 65.4 Å². The average molecular weight is 329 g/mol. The van der Waals surface area contributed by atoms with Crippen LogP contribution in [0.3, 0.4) is 0 Å². The summed E-state index contributed by atoms with van der Waals surface area (Å²) in [6.07, 6.45) is 1.25. The molecule has 0 amide bonds. The Bertz CT molecular complexity index is 447. The molecule has 118 valence electrons. The van der Waals surface area contributed by atoms with Crippen molar-refractivity contribution in [1.82, 2.24) is 10.1 Å². The zero-order valence-corrected chi connectivity index (χ0v) is 14.4. The molecule has 0 aliphatic carbocycles. The highest BCUT2D eigenvalue weighted by molar-refractivity contribution is 8.03. The first-order chi connectivity index (χ1) is 10.3. The summed E-state index contributed by atoms with van der Waals surface area (Å²) in [7, 11) is 1.84. The molecule has 1 aromatic rings. The second-order valence-electron chi connectivity index (χ2n) is 5.93. The van der Waals surface area contributed by atoms with Crippen LogP contribution < -0.4 is 0 Å². The standard InChI is InChI=1S/C15H24N2O2S2/c1-11-5-14(19-16-11)6-12-7-17(8-15(12)18-2)13-9-20-3-4-21-10-13/h5,12-13,15H,3-4,6-10H2,1-2H3/t12-,15+/m1/s1. The van der Waals surface area contributed by atoms with Gasteiger partial charge in [-0.3, -0.25) is 4.90 Å². The molecule has 0 bridgehead atoms. The number of thioether (sulfide) groups is 2. The Hall–Kier alpha value is -0.170. The van der Waals surface area contributed by atoms with Crippen LogP contribution in [-0.2, 0) is 11.2 Å². The Morgan fingerprint density at radius 1 is 1.33 bits per heavy atom. The fraction of sp³-hybridized carbons (Fsp3) is 0.800. The van der Waals surface area contributed by atoms with Crippen LogP contribution in [0.1, 0.15) is 11.5 Å². The first kappa shape index (κ1) is 15.7. The lowest BCUT2D eigenvalue weighted by Gasteiger charge is -2.25. The van der Waals surface area contributed by atoms with Crippen LogP contribution in [0, 0.1) is 12.8 Å². The molecular formula is C15H24N2O2S2. The number of aryl methyl sites for hydroxylation is 1. The van der Waals surface area contributed by atoms with Gasteiger partial charge in [-0.25, -0.2) is 0 Å². The van der Waals surface area contributed by atoms with Crippen molar-refractivity contribution in [2.45, 2.75) is 25.5 Å². The smallest absolute Gasteiger partial charge is 0.137 e. The summed E-state index contributed by atoms with van der Waals surface area (Å²) >= 11 is 4.19. The predicted octanol–water partition coefficient (Wildman–Crippen LogP) is 2.32. The van der Waals surface area contributed by atoms with Gasteiger partial charge < -0.3 is 9.26 Å². The number of ether oxygens (including phenoxy) is 1. The molecule has 0 radical (unpaired) electrons. The zero-order chi connectivity index (χ0) is 14.7. The lowest BCUT2D eigenvalue weighted by Crippen LogP contribution is -2.37. The molecule has 2 aliphatic heterocycles. The van der Waals surface area contributed by atoms with Crippen LogP contribution in [0.15, 0.2) is 10.6 Å². The molecule has 4 nitrogen and oxygen atoms in total. The molecule has 6 heteroatoms. The van der Waals surface area contributed by atoms with Crippen molar-refractivity contribution in [2.75, 3.05) is 43.2 Å². The largest absolute Gasteiger partial charge is 0.380 e. The molecule has 0 unspecified atom stereocenters. The van der Waals surface area contributed by atoms with Gasteiger partial charge in [-0.15, -0.1) is 0 Å². The van der Waals surface area contributed by atoms with Crippen LogP contribution in [0.4, 0.5) is 0 Å². The van der Waals surface area contributed by atoms with E-state index < -0.39 is 0 Å². The third-order valence-corrected chi connectivity index (χ3v) is 6.85. The molecular weight excluding hydrogens is 304 g/mol. The van der Waals surface area contributed by atoms with Gasteiger partial charge in [0.1, 0.15) is 5.76 Å². The highest BCUT2D eigenvalue weighted by atomic mass is 32.2. The molecule has 1 aromatic heterocycles. The van der Waals surface area contributed by atoms with E-state index in [9.17, 15) is 0 Å². The van der Waals surface area contributed by atoms with E-state index in [1.165, 1.54) is 23.0 Å². The zero-order valence-electron chi connectivity index (χ0n) is 12.8. The summed E-state index contributed by atoms with van der Waals surface area (Å²) in [5.41, 5.74) is 0.963. The Labute approximate surface area is 135 Å². The minimum Gasteiger partial charge on any atom is -0.380 e. The number of hydrogen-bond donors (Lipinski definition) is 0. The van der Waals surface area contributed by atoms with Gasteiger partial charge in [0.05, 0.1) is 11.8 Å². The van der Waals surface area contributed by atoms with Crippen molar-refractivity contribution in [3.8, 4) is 0 Å². The van der Waals surface area contributed by atoms with Gasteiger partial charge in [0.15, 0.2) is 0 Å². The number of likely N-dealkylation sites (tertiary alicyclic amines) is 1. The minimum atomic E-state index is 0.314. The van der Waals surface area contributed by atoms with Gasteiger partial charge >= 0.3 is 0 Å². The summed E-state index contributed by atoms with van der Waals surface area (Å²) in [4.78, 5) is 2.63. The molecule has 0 spiro atoms. The van der Waals surface area contributed by atoms with Gasteiger partial charge in [0, 0.05) is 67.7 Å². The summed E-state index contributed by atoms with van der Waals surface area (Å²) in [6, 6.07) is 2.74. The minimum absolute atomic E-state index is 0.314. The Morgan fingerprint density at radius 2 is 2.10 bits per heavy atom. The summed E-state index contributed by atoms with van der Waals surface area (Å²) < 4.78 is 11.1. The van der Waals surface area contributed by atoms with Gasteiger partial charge in [-0.05, 0) is 6.92 Å².